The van der Waals surface area contributed by atoms with Gasteiger partial charge in [0, 0.05) is 41.7 Å². The molecule has 2 aromatic rings. The topological polar surface area (TPSA) is 14.2 Å². The van der Waals surface area contributed by atoms with Crippen molar-refractivity contribution in [2.24, 2.45) is 0 Å². The van der Waals surface area contributed by atoms with Crippen molar-refractivity contribution >= 4 is 17.7 Å². The van der Waals surface area contributed by atoms with Crippen LogP contribution in [0, 0.1) is 0 Å². The highest BCUT2D eigenvalue weighted by atomic mass is 16.5. The molecule has 50 heavy (non-hydrogen) atoms. The normalized spacial score (nSPS) is 13.3. The zero-order valence-corrected chi connectivity index (χ0v) is 33.2. The summed E-state index contributed by atoms with van der Waals surface area (Å²) >= 11 is 0. The lowest BCUT2D eigenvalue weighted by Gasteiger charge is -2.19. The van der Waals surface area contributed by atoms with E-state index in [-0.39, 0.29) is 6.10 Å². The maximum atomic E-state index is 6.15. The number of benzene rings is 1. The monoisotopic (exact) mass is 674 g/mol. The second-order valence-corrected chi connectivity index (χ2v) is 10.3. The van der Waals surface area contributed by atoms with Gasteiger partial charge in [0.1, 0.15) is 0 Å². The number of nitrogens with zero attached hydrogens (tertiary/aromatic N) is 1. The predicted molar refractivity (Wildman–Crippen MR) is 231 cm³/mol. The summed E-state index contributed by atoms with van der Waals surface area (Å²) in [5.41, 5.74) is 11.5. The molecule has 0 bridgehead atoms. The predicted octanol–water partition coefficient (Wildman–Crippen LogP) is 14.6. The van der Waals surface area contributed by atoms with E-state index in [0.29, 0.717) is 0 Å². The average Bonchev–Trinajstić information content (AvgIpc) is 3.32. The number of rotatable bonds is 13. The molecule has 3 rings (SSSR count). The summed E-state index contributed by atoms with van der Waals surface area (Å²) < 4.78 is 8.47. The number of hydrogen-bond donors (Lipinski definition) is 0. The van der Waals surface area contributed by atoms with E-state index in [1.54, 1.807) is 0 Å². The van der Waals surface area contributed by atoms with Crippen LogP contribution < -0.4 is 0 Å². The summed E-state index contributed by atoms with van der Waals surface area (Å²) in [6.45, 7) is 41.5. The molecule has 0 aliphatic heterocycles. The Hall–Kier alpha value is -4.66. The Balaban J connectivity index is 0. The molecule has 1 unspecified atom stereocenters. The summed E-state index contributed by atoms with van der Waals surface area (Å²) in [5.74, 6) is 0. The van der Waals surface area contributed by atoms with Gasteiger partial charge in [-0.2, -0.15) is 0 Å². The highest BCUT2D eigenvalue weighted by Gasteiger charge is 2.17. The highest BCUT2D eigenvalue weighted by Crippen LogP contribution is 2.31. The summed E-state index contributed by atoms with van der Waals surface area (Å²) in [6, 6.07) is 8.73. The molecular weight excluding hydrogens is 607 g/mol. The van der Waals surface area contributed by atoms with Crippen LogP contribution in [0.3, 0.4) is 0 Å². The summed E-state index contributed by atoms with van der Waals surface area (Å²) in [4.78, 5) is 0. The van der Waals surface area contributed by atoms with E-state index < -0.39 is 0 Å². The van der Waals surface area contributed by atoms with Gasteiger partial charge in [-0.05, 0) is 98.8 Å². The second kappa shape index (κ2) is 29.3. The smallest absolute Gasteiger partial charge is 0.0802 e. The molecule has 1 heterocycles. The van der Waals surface area contributed by atoms with Gasteiger partial charge < -0.3 is 9.30 Å². The van der Waals surface area contributed by atoms with Crippen molar-refractivity contribution in [3.8, 4) is 5.69 Å². The van der Waals surface area contributed by atoms with Gasteiger partial charge in [0.25, 0.3) is 0 Å². The Morgan fingerprint density at radius 1 is 0.880 bits per heavy atom. The minimum atomic E-state index is -0.0612. The number of fused-ring (bicyclic) bond motifs is 1. The van der Waals surface area contributed by atoms with Gasteiger partial charge >= 0.3 is 0 Å². The van der Waals surface area contributed by atoms with Crippen LogP contribution >= 0.6 is 0 Å². The number of allylic oxidation sites excluding steroid dienone is 14. The van der Waals surface area contributed by atoms with Crippen molar-refractivity contribution in [1.29, 1.82) is 0 Å². The molecule has 0 radical (unpaired) electrons. The number of hydrogen-bond acceptors (Lipinski definition) is 1. The molecular formula is C48H67NO. The fourth-order valence-electron chi connectivity index (χ4n) is 5.18. The second-order valence-electron chi connectivity index (χ2n) is 10.3. The van der Waals surface area contributed by atoms with Crippen LogP contribution in [-0.2, 0) is 11.2 Å². The summed E-state index contributed by atoms with van der Waals surface area (Å²) in [7, 11) is 0. The molecule has 1 aliphatic rings. The Kier molecular flexibility index (Phi) is 27.8. The first-order valence-electron chi connectivity index (χ1n) is 18.0. The molecule has 2 heteroatoms. The fourth-order valence-corrected chi connectivity index (χ4v) is 5.18. The minimum absolute atomic E-state index is 0.0612. The lowest BCUT2D eigenvalue weighted by molar-refractivity contribution is 0.0920. The molecule has 1 atom stereocenters. The van der Waals surface area contributed by atoms with E-state index >= 15 is 0 Å². The van der Waals surface area contributed by atoms with Gasteiger partial charge in [0.15, 0.2) is 0 Å². The third-order valence-electron chi connectivity index (χ3n) is 7.37. The molecule has 0 saturated carbocycles. The molecule has 0 spiro atoms. The Morgan fingerprint density at radius 3 is 2.02 bits per heavy atom. The highest BCUT2D eigenvalue weighted by molar-refractivity contribution is 5.76. The van der Waals surface area contributed by atoms with Gasteiger partial charge in [-0.25, -0.2) is 0 Å². The molecule has 0 fully saturated rings. The maximum absolute atomic E-state index is 6.15. The molecule has 0 amide bonds. The first-order valence-corrected chi connectivity index (χ1v) is 18.0. The largest absolute Gasteiger partial charge is 0.374 e. The first kappa shape index (κ1) is 47.5. The zero-order chi connectivity index (χ0) is 38.5. The zero-order valence-electron chi connectivity index (χ0n) is 33.2. The van der Waals surface area contributed by atoms with Crippen LogP contribution in [0.1, 0.15) is 98.0 Å². The van der Waals surface area contributed by atoms with E-state index in [9.17, 15) is 0 Å². The molecule has 2 nitrogen and oxygen atoms in total. The van der Waals surface area contributed by atoms with E-state index in [1.165, 1.54) is 22.4 Å². The van der Waals surface area contributed by atoms with E-state index in [2.05, 4.69) is 169 Å². The van der Waals surface area contributed by atoms with Crippen LogP contribution in [0.15, 0.2) is 159 Å². The SMILES string of the molecule is C=C.C=C.C=C/C(=C\C)c1ccc(-n2cc(/C=C(\C=C/C)C(/C=C(/C(=C)/C=C\C)C(C)OCCC)=C/C)c3c2CC=CC=C3)cc1.CC.CC. The van der Waals surface area contributed by atoms with Crippen LogP contribution in [0.25, 0.3) is 23.4 Å². The number of aromatic nitrogens is 1. The van der Waals surface area contributed by atoms with Gasteiger partial charge in [0.05, 0.1) is 6.10 Å². The van der Waals surface area contributed by atoms with Crippen molar-refractivity contribution in [3.63, 3.8) is 0 Å². The molecule has 1 aromatic heterocycles. The molecule has 1 aromatic carbocycles. The van der Waals surface area contributed by atoms with Gasteiger partial charge in [-0.1, -0.05) is 127 Å². The molecule has 0 saturated heterocycles. The van der Waals surface area contributed by atoms with E-state index in [0.717, 1.165) is 53.0 Å². The quantitative estimate of drug-likeness (QED) is 0.152. The van der Waals surface area contributed by atoms with Crippen molar-refractivity contribution < 1.29 is 4.74 Å². The Labute approximate surface area is 308 Å². The third kappa shape index (κ3) is 14.4. The van der Waals surface area contributed by atoms with E-state index in [1.807, 2.05) is 53.7 Å². The van der Waals surface area contributed by atoms with Gasteiger partial charge in [0.2, 0.25) is 0 Å². The maximum Gasteiger partial charge on any atom is 0.0802 e. The lowest BCUT2D eigenvalue weighted by atomic mass is 9.94. The van der Waals surface area contributed by atoms with E-state index in [4.69, 9.17) is 4.74 Å². The summed E-state index contributed by atoms with van der Waals surface area (Å²) in [5, 5.41) is 0. The minimum Gasteiger partial charge on any atom is -0.374 e. The average molecular weight is 674 g/mol. The van der Waals surface area contributed by atoms with Crippen LogP contribution in [0.5, 0.6) is 0 Å². The lowest BCUT2D eigenvalue weighted by Crippen LogP contribution is -2.13. The Bertz CT molecular complexity index is 1520. The standard InChI is InChI=1S/C40H47NO.2C2H6.2C2H4/c1-9-18-30(7)39(31(8)42-26-11-3)28-33(14-6)35(19-10-2)27-36-29-41(40-21-17-15-16-20-38(36)40)37-24-22-34(23-25-37)32(12-4)13-5;4*1-2/h9-10,12-20,22-25,27-29,31H,4,7,11,21,26H2,1-3,5-6,8H3;2*1-2H3;2*1-2H2/b18-9-,19-10-,32-13+,33-14+,35-27+,39-28-;;;;. The Morgan fingerprint density at radius 2 is 1.50 bits per heavy atom. The fraction of sp³-hybridized carbons (Fsp3) is 0.292. The van der Waals surface area contributed by atoms with Crippen LogP contribution in [0.2, 0.25) is 0 Å². The van der Waals surface area contributed by atoms with Crippen LogP contribution in [-0.4, -0.2) is 17.3 Å². The molecule has 0 N–H and O–H groups in total. The van der Waals surface area contributed by atoms with Gasteiger partial charge in [-0.3, -0.25) is 0 Å². The third-order valence-corrected chi connectivity index (χ3v) is 7.37. The van der Waals surface area contributed by atoms with Crippen molar-refractivity contribution in [2.75, 3.05) is 6.61 Å². The summed E-state index contributed by atoms with van der Waals surface area (Å²) in [6.07, 6.45) is 31.8. The van der Waals surface area contributed by atoms with Crippen molar-refractivity contribution in [1.82, 2.24) is 4.57 Å². The molecule has 270 valence electrons. The first-order chi connectivity index (χ1) is 24.4. The van der Waals surface area contributed by atoms with Gasteiger partial charge in [-0.15, -0.1) is 26.3 Å². The number of ether oxygens (including phenoxy) is 1. The molecule has 1 aliphatic carbocycles. The van der Waals surface area contributed by atoms with Crippen molar-refractivity contribution in [2.45, 2.75) is 88.2 Å². The van der Waals surface area contributed by atoms with Crippen molar-refractivity contribution in [3.05, 3.63) is 181 Å². The van der Waals surface area contributed by atoms with Crippen LogP contribution in [0.4, 0.5) is 0 Å².